The van der Waals surface area contributed by atoms with Gasteiger partial charge in [0.25, 0.3) is 0 Å². The number of halogens is 2. The maximum absolute atomic E-state index is 13.9. The SMILES string of the molecule is O=C(c1ccc(Cl)cc1)[C@@H]1[C@H](c2ccc(Br)cc2)[C@H]([N+](=O)[O-])[C@@H]2C=Cc3ccccc3N12. The second kappa shape index (κ2) is 8.19. The van der Waals surface area contributed by atoms with Crippen molar-refractivity contribution >= 4 is 45.1 Å². The Morgan fingerprint density at radius 3 is 2.38 bits per heavy atom. The van der Waals surface area contributed by atoms with Gasteiger partial charge in [0.05, 0.1) is 5.92 Å². The van der Waals surface area contributed by atoms with E-state index < -0.39 is 24.0 Å². The minimum atomic E-state index is -0.970. The number of nitrogens with zero attached hydrogens (tertiary/aromatic N) is 2. The molecule has 4 atom stereocenters. The third-order valence-corrected chi connectivity index (χ3v) is 7.04. The van der Waals surface area contributed by atoms with Gasteiger partial charge in [-0.2, -0.15) is 0 Å². The van der Waals surface area contributed by atoms with E-state index in [9.17, 15) is 14.9 Å². The van der Waals surface area contributed by atoms with Gasteiger partial charge >= 0.3 is 0 Å². The lowest BCUT2D eigenvalue weighted by atomic mass is 9.84. The Morgan fingerprint density at radius 1 is 1.00 bits per heavy atom. The fourth-order valence-electron chi connectivity index (χ4n) is 4.90. The number of Topliss-reactive ketones (excluding diaryl/α,β-unsaturated/α-hetero) is 1. The lowest BCUT2D eigenvalue weighted by molar-refractivity contribution is -0.524. The van der Waals surface area contributed by atoms with Gasteiger partial charge in [-0.25, -0.2) is 0 Å². The van der Waals surface area contributed by atoms with Crippen LogP contribution in [0.25, 0.3) is 6.08 Å². The molecule has 2 aliphatic heterocycles. The Hall–Kier alpha value is -2.96. The van der Waals surface area contributed by atoms with Crippen LogP contribution in [-0.2, 0) is 0 Å². The Bertz CT molecular complexity index is 1230. The molecule has 1 saturated heterocycles. The minimum absolute atomic E-state index is 0.158. The Balaban J connectivity index is 1.71. The smallest absolute Gasteiger partial charge is 0.245 e. The molecule has 0 amide bonds. The number of rotatable bonds is 4. The fraction of sp³-hybridized carbons (Fsp3) is 0.160. The molecule has 0 saturated carbocycles. The van der Waals surface area contributed by atoms with Crippen molar-refractivity contribution in [3.8, 4) is 0 Å². The number of fused-ring (bicyclic) bond motifs is 3. The van der Waals surface area contributed by atoms with Gasteiger partial charge in [0.1, 0.15) is 12.1 Å². The molecule has 7 heteroatoms. The van der Waals surface area contributed by atoms with Crippen LogP contribution < -0.4 is 4.90 Å². The van der Waals surface area contributed by atoms with E-state index in [2.05, 4.69) is 15.9 Å². The van der Waals surface area contributed by atoms with Crippen LogP contribution in [0.1, 0.15) is 27.4 Å². The molecule has 160 valence electrons. The lowest BCUT2D eigenvalue weighted by Crippen LogP contribution is -2.44. The quantitative estimate of drug-likeness (QED) is 0.246. The lowest BCUT2D eigenvalue weighted by Gasteiger charge is -2.34. The molecule has 0 unspecified atom stereocenters. The van der Waals surface area contributed by atoms with E-state index in [1.54, 1.807) is 24.3 Å². The van der Waals surface area contributed by atoms with E-state index in [4.69, 9.17) is 11.6 Å². The summed E-state index contributed by atoms with van der Waals surface area (Å²) in [5.41, 5.74) is 3.02. The van der Waals surface area contributed by atoms with Crippen LogP contribution in [0, 0.1) is 10.1 Å². The highest BCUT2D eigenvalue weighted by molar-refractivity contribution is 9.10. The third kappa shape index (κ3) is 3.44. The molecule has 0 aliphatic carbocycles. The molecule has 0 aromatic heterocycles. The molecule has 0 radical (unpaired) electrons. The van der Waals surface area contributed by atoms with Crippen molar-refractivity contribution in [3.05, 3.63) is 115 Å². The standard InChI is InChI=1S/C25H18BrClN2O3/c26-18-10-5-16(6-11-18)22-23(29(31)32)21-14-9-15-3-1-2-4-20(15)28(21)24(22)25(30)17-7-12-19(27)13-8-17/h1-14,21-24H/t21-,22+,23+,24-/m0/s1. The van der Waals surface area contributed by atoms with E-state index in [0.29, 0.717) is 10.6 Å². The topological polar surface area (TPSA) is 63.4 Å². The number of hydrogen-bond acceptors (Lipinski definition) is 4. The molecule has 0 spiro atoms. The zero-order valence-electron chi connectivity index (χ0n) is 16.8. The summed E-state index contributed by atoms with van der Waals surface area (Å²) in [4.78, 5) is 28.0. The van der Waals surface area contributed by atoms with E-state index in [-0.39, 0.29) is 10.7 Å². The van der Waals surface area contributed by atoms with Crippen LogP contribution in [0.4, 0.5) is 5.69 Å². The van der Waals surface area contributed by atoms with Crippen molar-refractivity contribution in [3.63, 3.8) is 0 Å². The minimum Gasteiger partial charge on any atom is -0.346 e. The second-order valence-corrected chi connectivity index (χ2v) is 9.34. The molecule has 2 heterocycles. The van der Waals surface area contributed by atoms with Crippen molar-refractivity contribution in [2.75, 3.05) is 4.90 Å². The maximum Gasteiger partial charge on any atom is 0.245 e. The molecule has 3 aromatic rings. The molecule has 0 N–H and O–H groups in total. The predicted octanol–water partition coefficient (Wildman–Crippen LogP) is 6.00. The number of para-hydroxylation sites is 1. The first kappa shape index (κ1) is 20.9. The summed E-state index contributed by atoms with van der Waals surface area (Å²) >= 11 is 9.47. The molecular weight excluding hydrogens is 492 g/mol. The third-order valence-electron chi connectivity index (χ3n) is 6.26. The Kier molecular flexibility index (Phi) is 5.35. The molecule has 5 rings (SSSR count). The highest BCUT2D eigenvalue weighted by Crippen LogP contribution is 2.47. The zero-order chi connectivity index (χ0) is 22.4. The van der Waals surface area contributed by atoms with Crippen LogP contribution in [0.15, 0.2) is 83.3 Å². The maximum atomic E-state index is 13.9. The van der Waals surface area contributed by atoms with Gasteiger partial charge < -0.3 is 4.90 Å². The molecule has 5 nitrogen and oxygen atoms in total. The largest absolute Gasteiger partial charge is 0.346 e. The molecule has 1 fully saturated rings. The molecule has 0 bridgehead atoms. The molecule has 2 aliphatic rings. The van der Waals surface area contributed by atoms with E-state index in [1.807, 2.05) is 65.6 Å². The van der Waals surface area contributed by atoms with Gasteiger partial charge in [-0.15, -0.1) is 0 Å². The summed E-state index contributed by atoms with van der Waals surface area (Å²) in [6, 6.07) is 19.6. The van der Waals surface area contributed by atoms with E-state index >= 15 is 0 Å². The van der Waals surface area contributed by atoms with Gasteiger partial charge in [-0.1, -0.05) is 70.0 Å². The summed E-state index contributed by atoms with van der Waals surface area (Å²) in [6.07, 6.45) is 3.78. The Labute approximate surface area is 198 Å². The number of ketones is 1. The van der Waals surface area contributed by atoms with Gasteiger partial charge in [-0.05, 0) is 53.6 Å². The number of carbonyl (C=O) groups excluding carboxylic acids is 1. The van der Waals surface area contributed by atoms with Crippen LogP contribution in [0.5, 0.6) is 0 Å². The van der Waals surface area contributed by atoms with Crippen LogP contribution >= 0.6 is 27.5 Å². The number of anilines is 1. The van der Waals surface area contributed by atoms with Crippen LogP contribution in [-0.4, -0.2) is 28.8 Å². The van der Waals surface area contributed by atoms with Crippen molar-refractivity contribution in [2.24, 2.45) is 0 Å². The van der Waals surface area contributed by atoms with Gasteiger partial charge in [0, 0.05) is 25.7 Å². The average molecular weight is 510 g/mol. The summed E-state index contributed by atoms with van der Waals surface area (Å²) in [7, 11) is 0. The first-order valence-corrected chi connectivity index (χ1v) is 11.4. The van der Waals surface area contributed by atoms with Crippen molar-refractivity contribution in [1.29, 1.82) is 0 Å². The molecular formula is C25H18BrClN2O3. The van der Waals surface area contributed by atoms with Crippen LogP contribution in [0.2, 0.25) is 5.02 Å². The predicted molar refractivity (Wildman–Crippen MR) is 129 cm³/mol. The zero-order valence-corrected chi connectivity index (χ0v) is 19.1. The summed E-state index contributed by atoms with van der Waals surface area (Å²) < 4.78 is 0.875. The number of nitro groups is 1. The number of hydrogen-bond donors (Lipinski definition) is 0. The van der Waals surface area contributed by atoms with Gasteiger partial charge in [0.15, 0.2) is 5.78 Å². The van der Waals surface area contributed by atoms with Crippen molar-refractivity contribution in [1.82, 2.24) is 0 Å². The Morgan fingerprint density at radius 2 is 1.69 bits per heavy atom. The first-order valence-electron chi connectivity index (χ1n) is 10.2. The van der Waals surface area contributed by atoms with Crippen molar-refractivity contribution in [2.45, 2.75) is 24.0 Å². The normalized spacial score (nSPS) is 23.5. The number of carbonyl (C=O) groups is 1. The summed E-state index contributed by atoms with van der Waals surface area (Å²) in [5.74, 6) is -0.781. The second-order valence-electron chi connectivity index (χ2n) is 7.99. The molecule has 32 heavy (non-hydrogen) atoms. The molecule has 3 aromatic carbocycles. The highest BCUT2D eigenvalue weighted by Gasteiger charge is 2.58. The summed E-state index contributed by atoms with van der Waals surface area (Å²) in [6.45, 7) is 0. The fourth-order valence-corrected chi connectivity index (χ4v) is 5.29. The van der Waals surface area contributed by atoms with Gasteiger partial charge in [0.2, 0.25) is 6.04 Å². The van der Waals surface area contributed by atoms with Gasteiger partial charge in [-0.3, -0.25) is 14.9 Å². The van der Waals surface area contributed by atoms with E-state index in [0.717, 1.165) is 21.3 Å². The van der Waals surface area contributed by atoms with Crippen molar-refractivity contribution < 1.29 is 9.72 Å². The first-order chi connectivity index (χ1) is 15.5. The monoisotopic (exact) mass is 508 g/mol. The van der Waals surface area contributed by atoms with E-state index in [1.165, 1.54) is 0 Å². The highest BCUT2D eigenvalue weighted by atomic mass is 79.9. The average Bonchev–Trinajstić information content (AvgIpc) is 3.15. The summed E-state index contributed by atoms with van der Waals surface area (Å²) in [5, 5.41) is 12.9. The van der Waals surface area contributed by atoms with Crippen LogP contribution in [0.3, 0.4) is 0 Å². The number of benzene rings is 3.